The lowest BCUT2D eigenvalue weighted by atomic mass is 9.94. The second-order valence-electron chi connectivity index (χ2n) is 5.63. The van der Waals surface area contributed by atoms with Gasteiger partial charge in [0.25, 0.3) is 0 Å². The first-order valence-electron chi connectivity index (χ1n) is 7.21. The highest BCUT2D eigenvalue weighted by Gasteiger charge is 2.26. The van der Waals surface area contributed by atoms with E-state index in [0.717, 1.165) is 6.26 Å². The summed E-state index contributed by atoms with van der Waals surface area (Å²) in [5, 5.41) is 13.8. The Morgan fingerprint density at radius 1 is 1.33 bits per heavy atom. The lowest BCUT2D eigenvalue weighted by Crippen LogP contribution is -2.13. The molecule has 1 atom stereocenters. The van der Waals surface area contributed by atoms with Crippen molar-refractivity contribution in [2.45, 2.75) is 24.8 Å². The smallest absolute Gasteiger partial charge is 0.220 e. The highest BCUT2D eigenvalue weighted by atomic mass is 32.2. The van der Waals surface area contributed by atoms with Gasteiger partial charge >= 0.3 is 0 Å². The van der Waals surface area contributed by atoms with Crippen molar-refractivity contribution in [2.75, 3.05) is 13.4 Å². The first-order valence-corrected chi connectivity index (χ1v) is 9.10. The van der Waals surface area contributed by atoms with Crippen LogP contribution >= 0.6 is 0 Å². The molecule has 0 aliphatic carbocycles. The summed E-state index contributed by atoms with van der Waals surface area (Å²) in [4.78, 5) is 12.8. The monoisotopic (exact) mass is 352 g/mol. The molecule has 8 heteroatoms. The molecular formula is C16H20N2O5S. The van der Waals surface area contributed by atoms with E-state index in [4.69, 9.17) is 4.74 Å². The largest absolute Gasteiger partial charge is 0.493 e. The molecule has 0 aliphatic rings. The number of methoxy groups -OCH3 is 1. The number of aromatic hydroxyl groups is 1. The molecule has 0 saturated heterocycles. The SMILES string of the molecule is COC(C)c1c(S(C)(=O)=O)ccc(C(=O)c2cnn(C)c2O)c1C. The van der Waals surface area contributed by atoms with Crippen LogP contribution in [0.25, 0.3) is 0 Å². The summed E-state index contributed by atoms with van der Waals surface area (Å²) in [6, 6.07) is 2.85. The first kappa shape index (κ1) is 18.2. The molecule has 0 spiro atoms. The number of sulfone groups is 1. The minimum Gasteiger partial charge on any atom is -0.493 e. The van der Waals surface area contributed by atoms with Gasteiger partial charge in [0.2, 0.25) is 5.88 Å². The summed E-state index contributed by atoms with van der Waals surface area (Å²) in [5.41, 5.74) is 1.29. The van der Waals surface area contributed by atoms with Gasteiger partial charge in [-0.1, -0.05) is 0 Å². The fraction of sp³-hybridized carbons (Fsp3) is 0.375. The highest BCUT2D eigenvalue weighted by molar-refractivity contribution is 7.90. The molecule has 0 aliphatic heterocycles. The maximum absolute atomic E-state index is 12.7. The van der Waals surface area contributed by atoms with E-state index in [-0.39, 0.29) is 16.3 Å². The Morgan fingerprint density at radius 3 is 2.42 bits per heavy atom. The molecular weight excluding hydrogens is 332 g/mol. The second-order valence-corrected chi connectivity index (χ2v) is 7.62. The molecule has 1 unspecified atom stereocenters. The van der Waals surface area contributed by atoms with Gasteiger partial charge in [-0.05, 0) is 31.5 Å². The molecule has 0 amide bonds. The van der Waals surface area contributed by atoms with E-state index in [9.17, 15) is 18.3 Å². The molecule has 0 saturated carbocycles. The van der Waals surface area contributed by atoms with Crippen LogP contribution in [0.1, 0.15) is 40.1 Å². The Labute approximate surface area is 140 Å². The zero-order chi connectivity index (χ0) is 18.2. The minimum atomic E-state index is -3.48. The van der Waals surface area contributed by atoms with Crippen molar-refractivity contribution in [3.8, 4) is 5.88 Å². The summed E-state index contributed by atoms with van der Waals surface area (Å²) in [7, 11) is -0.492. The van der Waals surface area contributed by atoms with Crippen molar-refractivity contribution in [2.24, 2.45) is 7.05 Å². The normalized spacial score (nSPS) is 13.0. The second kappa shape index (κ2) is 6.37. The molecule has 1 heterocycles. The number of nitrogens with zero attached hydrogens (tertiary/aromatic N) is 2. The van der Waals surface area contributed by atoms with Crippen LogP contribution in [0.4, 0.5) is 0 Å². The number of hydrogen-bond acceptors (Lipinski definition) is 6. The van der Waals surface area contributed by atoms with Crippen LogP contribution in [0, 0.1) is 6.92 Å². The molecule has 2 aromatic rings. The lowest BCUT2D eigenvalue weighted by Gasteiger charge is -2.19. The van der Waals surface area contributed by atoms with Crippen LogP contribution in [0.2, 0.25) is 0 Å². The number of carbonyl (C=O) groups is 1. The van der Waals surface area contributed by atoms with Crippen molar-refractivity contribution in [1.82, 2.24) is 9.78 Å². The third-order valence-electron chi connectivity index (χ3n) is 4.03. The summed E-state index contributed by atoms with van der Waals surface area (Å²) in [6.07, 6.45) is 1.88. The fourth-order valence-corrected chi connectivity index (χ4v) is 3.67. The zero-order valence-corrected chi connectivity index (χ0v) is 15.0. The molecule has 1 aromatic carbocycles. The Morgan fingerprint density at radius 2 is 1.96 bits per heavy atom. The highest BCUT2D eigenvalue weighted by Crippen LogP contribution is 2.32. The summed E-state index contributed by atoms with van der Waals surface area (Å²) in [6.45, 7) is 3.38. The van der Waals surface area contributed by atoms with E-state index in [1.165, 1.54) is 37.2 Å². The van der Waals surface area contributed by atoms with Gasteiger partial charge in [-0.2, -0.15) is 5.10 Å². The van der Waals surface area contributed by atoms with Crippen molar-refractivity contribution < 1.29 is 23.1 Å². The number of benzene rings is 1. The Kier molecular flexibility index (Phi) is 4.82. The molecule has 24 heavy (non-hydrogen) atoms. The number of rotatable bonds is 5. The van der Waals surface area contributed by atoms with E-state index in [0.29, 0.717) is 16.7 Å². The quantitative estimate of drug-likeness (QED) is 0.824. The standard InChI is InChI=1S/C16H20N2O5S/c1-9-11(15(19)12-8-17-18(3)16(12)20)6-7-13(24(5,21)22)14(9)10(2)23-4/h6-8,10,20H,1-5H3. The molecule has 1 N–H and O–H groups in total. The van der Waals surface area contributed by atoms with Crippen molar-refractivity contribution >= 4 is 15.6 Å². The maximum atomic E-state index is 12.7. The van der Waals surface area contributed by atoms with Crippen LogP contribution in [0.5, 0.6) is 5.88 Å². The van der Waals surface area contributed by atoms with E-state index in [2.05, 4.69) is 5.10 Å². The number of aryl methyl sites for hydroxylation is 1. The van der Waals surface area contributed by atoms with Crippen LogP contribution in [-0.2, 0) is 21.6 Å². The van der Waals surface area contributed by atoms with Gasteiger partial charge in [0.05, 0.1) is 17.2 Å². The van der Waals surface area contributed by atoms with Gasteiger partial charge in [-0.3, -0.25) is 4.79 Å². The molecule has 0 bridgehead atoms. The summed E-state index contributed by atoms with van der Waals surface area (Å²) < 4.78 is 30.5. The number of carbonyl (C=O) groups excluding carboxylic acids is 1. The third-order valence-corrected chi connectivity index (χ3v) is 5.19. The van der Waals surface area contributed by atoms with Gasteiger partial charge in [0, 0.05) is 31.5 Å². The van der Waals surface area contributed by atoms with Crippen molar-refractivity contribution in [3.63, 3.8) is 0 Å². The van der Waals surface area contributed by atoms with Crippen molar-refractivity contribution in [1.29, 1.82) is 0 Å². The number of ketones is 1. The first-order chi connectivity index (χ1) is 11.1. The van der Waals surface area contributed by atoms with Crippen molar-refractivity contribution in [3.05, 3.63) is 40.6 Å². The summed E-state index contributed by atoms with van der Waals surface area (Å²) in [5.74, 6) is -0.671. The number of ether oxygens (including phenoxy) is 1. The lowest BCUT2D eigenvalue weighted by molar-refractivity contribution is 0.103. The van der Waals surface area contributed by atoms with Crippen LogP contribution in [0.3, 0.4) is 0 Å². The zero-order valence-electron chi connectivity index (χ0n) is 14.2. The van der Waals surface area contributed by atoms with E-state index in [1.807, 2.05) is 0 Å². The predicted octanol–water partition coefficient (Wildman–Crippen LogP) is 1.78. The maximum Gasteiger partial charge on any atom is 0.220 e. The van der Waals surface area contributed by atoms with Gasteiger partial charge in [-0.15, -0.1) is 0 Å². The number of aromatic nitrogens is 2. The Bertz CT molecular complexity index is 899. The molecule has 130 valence electrons. The Balaban J connectivity index is 2.70. The molecule has 1 aromatic heterocycles. The van der Waals surface area contributed by atoms with Crippen LogP contribution in [0.15, 0.2) is 23.2 Å². The van der Waals surface area contributed by atoms with Crippen LogP contribution in [-0.4, -0.2) is 42.5 Å². The van der Waals surface area contributed by atoms with E-state index >= 15 is 0 Å². The molecule has 7 nitrogen and oxygen atoms in total. The minimum absolute atomic E-state index is 0.0590. The predicted molar refractivity (Wildman–Crippen MR) is 88.0 cm³/mol. The fourth-order valence-electron chi connectivity index (χ4n) is 2.63. The number of hydrogen-bond donors (Lipinski definition) is 1. The topological polar surface area (TPSA) is 98.5 Å². The van der Waals surface area contributed by atoms with E-state index in [1.54, 1.807) is 13.8 Å². The van der Waals surface area contributed by atoms with Crippen LogP contribution < -0.4 is 0 Å². The van der Waals surface area contributed by atoms with Gasteiger partial charge in [0.15, 0.2) is 15.6 Å². The third kappa shape index (κ3) is 3.07. The molecule has 2 rings (SSSR count). The molecule has 0 radical (unpaired) electrons. The average Bonchev–Trinajstić information content (AvgIpc) is 2.84. The van der Waals surface area contributed by atoms with E-state index < -0.39 is 21.7 Å². The summed E-state index contributed by atoms with van der Waals surface area (Å²) >= 11 is 0. The average molecular weight is 352 g/mol. The van der Waals surface area contributed by atoms with Gasteiger partial charge in [0.1, 0.15) is 5.56 Å². The molecule has 0 fully saturated rings. The van der Waals surface area contributed by atoms with Gasteiger partial charge < -0.3 is 9.84 Å². The van der Waals surface area contributed by atoms with Gasteiger partial charge in [-0.25, -0.2) is 13.1 Å². The Hall–Kier alpha value is -2.19.